The van der Waals surface area contributed by atoms with Gasteiger partial charge in [-0.25, -0.2) is 0 Å². The van der Waals surface area contributed by atoms with Crippen molar-refractivity contribution in [1.29, 1.82) is 0 Å². The molecule has 1 atom stereocenters. The van der Waals surface area contributed by atoms with Crippen LogP contribution >= 0.6 is 0 Å². The van der Waals surface area contributed by atoms with E-state index in [0.717, 1.165) is 34.5 Å². The molecule has 0 bridgehead atoms. The van der Waals surface area contributed by atoms with Crippen molar-refractivity contribution >= 4 is 17.4 Å². The van der Waals surface area contributed by atoms with Gasteiger partial charge in [-0.05, 0) is 49.1 Å². The number of hydrogen-bond acceptors (Lipinski definition) is 5. The van der Waals surface area contributed by atoms with E-state index in [1.165, 1.54) is 0 Å². The van der Waals surface area contributed by atoms with Gasteiger partial charge < -0.3 is 14.2 Å². The number of Topliss-reactive ketones (excluding diaryl/α,β-unsaturated/α-hetero) is 1. The zero-order valence-electron chi connectivity index (χ0n) is 18.4. The molecule has 2 aliphatic rings. The summed E-state index contributed by atoms with van der Waals surface area (Å²) in [6, 6.07) is 11.5. The molecule has 1 aliphatic heterocycles. The van der Waals surface area contributed by atoms with Crippen molar-refractivity contribution in [2.75, 3.05) is 26.2 Å². The van der Waals surface area contributed by atoms with E-state index in [2.05, 4.69) is 0 Å². The lowest BCUT2D eigenvalue weighted by atomic mass is 9.77. The van der Waals surface area contributed by atoms with Crippen LogP contribution in [0.4, 0.5) is 5.69 Å². The number of rotatable bonds is 5. The maximum atomic E-state index is 13.4. The highest BCUT2D eigenvalue weighted by Crippen LogP contribution is 2.47. The van der Waals surface area contributed by atoms with E-state index in [1.807, 2.05) is 43.3 Å². The third kappa shape index (κ3) is 3.56. The van der Waals surface area contributed by atoms with Gasteiger partial charge in [-0.2, -0.15) is 0 Å². The summed E-state index contributed by atoms with van der Waals surface area (Å²) < 4.78 is 16.4. The van der Waals surface area contributed by atoms with Crippen molar-refractivity contribution < 1.29 is 23.8 Å². The normalized spacial score (nSPS) is 18.7. The van der Waals surface area contributed by atoms with E-state index >= 15 is 0 Å². The summed E-state index contributed by atoms with van der Waals surface area (Å²) in [5.41, 5.74) is 4.21. The van der Waals surface area contributed by atoms with Crippen LogP contribution in [0, 0.1) is 6.92 Å². The second-order valence-corrected chi connectivity index (χ2v) is 7.87. The topological polar surface area (TPSA) is 65.1 Å². The predicted octanol–water partition coefficient (Wildman–Crippen LogP) is 4.55. The summed E-state index contributed by atoms with van der Waals surface area (Å²) in [6.07, 6.45) is 2.14. The van der Waals surface area contributed by atoms with E-state index in [-0.39, 0.29) is 24.0 Å². The largest absolute Gasteiger partial charge is 0.493 e. The Morgan fingerprint density at radius 1 is 0.935 bits per heavy atom. The van der Waals surface area contributed by atoms with Crippen LogP contribution in [0.15, 0.2) is 47.7 Å². The van der Waals surface area contributed by atoms with Crippen LogP contribution < -0.4 is 19.1 Å². The van der Waals surface area contributed by atoms with Gasteiger partial charge in [-0.1, -0.05) is 18.2 Å². The molecule has 2 aromatic carbocycles. The number of anilines is 1. The number of ketones is 1. The molecule has 0 saturated carbocycles. The average Bonchev–Trinajstić information content (AvgIpc) is 2.78. The molecule has 0 N–H and O–H groups in total. The Bertz CT molecular complexity index is 1050. The number of methoxy groups -OCH3 is 3. The van der Waals surface area contributed by atoms with E-state index in [4.69, 9.17) is 14.2 Å². The Hall–Kier alpha value is -3.28. The van der Waals surface area contributed by atoms with E-state index < -0.39 is 0 Å². The van der Waals surface area contributed by atoms with Gasteiger partial charge in [0.2, 0.25) is 11.7 Å². The third-order valence-corrected chi connectivity index (χ3v) is 6.12. The van der Waals surface area contributed by atoms with Crippen LogP contribution in [0.25, 0.3) is 0 Å². The van der Waals surface area contributed by atoms with E-state index in [1.54, 1.807) is 26.2 Å². The molecule has 1 unspecified atom stereocenters. The van der Waals surface area contributed by atoms with Gasteiger partial charge in [0.05, 0.1) is 27.0 Å². The van der Waals surface area contributed by atoms with Crippen LogP contribution in [0.5, 0.6) is 17.2 Å². The Labute approximate surface area is 182 Å². The van der Waals surface area contributed by atoms with Gasteiger partial charge in [-0.15, -0.1) is 0 Å². The van der Waals surface area contributed by atoms with Gasteiger partial charge >= 0.3 is 0 Å². The zero-order chi connectivity index (χ0) is 22.1. The zero-order valence-corrected chi connectivity index (χ0v) is 18.4. The fraction of sp³-hybridized carbons (Fsp3) is 0.360. The predicted molar refractivity (Wildman–Crippen MR) is 118 cm³/mol. The maximum Gasteiger partial charge on any atom is 0.232 e. The summed E-state index contributed by atoms with van der Waals surface area (Å²) in [6.45, 7) is 1.98. The van der Waals surface area contributed by atoms with Crippen LogP contribution in [0.1, 0.15) is 42.7 Å². The molecule has 0 aromatic heterocycles. The first-order valence-corrected chi connectivity index (χ1v) is 10.4. The molecule has 1 amide bonds. The summed E-state index contributed by atoms with van der Waals surface area (Å²) in [7, 11) is 4.67. The summed E-state index contributed by atoms with van der Waals surface area (Å²) >= 11 is 0. The van der Waals surface area contributed by atoms with Crippen molar-refractivity contribution in [3.05, 3.63) is 58.8 Å². The molecule has 0 spiro atoms. The highest BCUT2D eigenvalue weighted by Gasteiger charge is 2.40. The van der Waals surface area contributed by atoms with Crippen molar-refractivity contribution in [2.45, 2.75) is 38.5 Å². The number of allylic oxidation sites excluding steroid dienone is 2. The fourth-order valence-corrected chi connectivity index (χ4v) is 4.67. The molecule has 1 aliphatic carbocycles. The molecule has 0 radical (unpaired) electrons. The fourth-order valence-electron chi connectivity index (χ4n) is 4.67. The standard InChI is InChI=1S/C25H27NO5/c1-15-8-5-6-9-18(15)26-19-10-7-11-20(27)24(19)17(14-23(26)28)16-12-21(29-2)25(31-4)22(13-16)30-3/h5-6,8-9,12-13,17H,7,10-11,14H2,1-4H3. The second kappa shape index (κ2) is 8.46. The highest BCUT2D eigenvalue weighted by molar-refractivity contribution is 6.07. The van der Waals surface area contributed by atoms with Gasteiger partial charge in [0.25, 0.3) is 0 Å². The molecule has 1 heterocycles. The molecule has 6 nitrogen and oxygen atoms in total. The molecular formula is C25H27NO5. The quantitative estimate of drug-likeness (QED) is 0.709. The SMILES string of the molecule is COc1cc(C2CC(=O)N(c3ccccc3C)C3=C2C(=O)CCC3)cc(OC)c1OC. The lowest BCUT2D eigenvalue weighted by Gasteiger charge is -2.39. The number of nitrogens with zero attached hydrogens (tertiary/aromatic N) is 1. The number of aryl methyl sites for hydroxylation is 1. The molecule has 4 rings (SSSR count). The smallest absolute Gasteiger partial charge is 0.232 e. The highest BCUT2D eigenvalue weighted by atomic mass is 16.5. The minimum atomic E-state index is -0.343. The van der Waals surface area contributed by atoms with E-state index in [9.17, 15) is 9.59 Å². The molecule has 0 saturated heterocycles. The van der Waals surface area contributed by atoms with Crippen LogP contribution in [0.2, 0.25) is 0 Å². The minimum absolute atomic E-state index is 0.0125. The van der Waals surface area contributed by atoms with Crippen molar-refractivity contribution in [3.63, 3.8) is 0 Å². The Kier molecular flexibility index (Phi) is 5.72. The lowest BCUT2D eigenvalue weighted by Crippen LogP contribution is -2.40. The van der Waals surface area contributed by atoms with Gasteiger partial charge in [0.15, 0.2) is 17.3 Å². The molecule has 162 valence electrons. The van der Waals surface area contributed by atoms with Crippen LogP contribution in [-0.2, 0) is 9.59 Å². The first kappa shape index (κ1) is 21.0. The summed E-state index contributed by atoms with van der Waals surface area (Å²) in [5, 5.41) is 0. The maximum absolute atomic E-state index is 13.4. The first-order valence-electron chi connectivity index (χ1n) is 10.4. The Morgan fingerprint density at radius 3 is 2.23 bits per heavy atom. The summed E-state index contributed by atoms with van der Waals surface area (Å²) in [4.78, 5) is 28.3. The first-order chi connectivity index (χ1) is 15.0. The molecule has 0 fully saturated rings. The molecule has 6 heteroatoms. The number of benzene rings is 2. The van der Waals surface area contributed by atoms with Crippen molar-refractivity contribution in [3.8, 4) is 17.2 Å². The molecular weight excluding hydrogens is 394 g/mol. The molecule has 2 aromatic rings. The van der Waals surface area contributed by atoms with Gasteiger partial charge in [-0.3, -0.25) is 14.5 Å². The Morgan fingerprint density at radius 2 is 1.61 bits per heavy atom. The number of para-hydroxylation sites is 1. The summed E-state index contributed by atoms with van der Waals surface area (Å²) in [5.74, 6) is 1.26. The third-order valence-electron chi connectivity index (χ3n) is 6.12. The Balaban J connectivity index is 1.89. The van der Waals surface area contributed by atoms with Crippen molar-refractivity contribution in [2.24, 2.45) is 0 Å². The molecule has 31 heavy (non-hydrogen) atoms. The average molecular weight is 421 g/mol. The van der Waals surface area contributed by atoms with Crippen LogP contribution in [0.3, 0.4) is 0 Å². The van der Waals surface area contributed by atoms with Gasteiger partial charge in [0, 0.05) is 30.0 Å². The van der Waals surface area contributed by atoms with E-state index in [0.29, 0.717) is 30.1 Å². The monoisotopic (exact) mass is 421 g/mol. The number of carbonyl (C=O) groups is 2. The second-order valence-electron chi connectivity index (χ2n) is 7.87. The van der Waals surface area contributed by atoms with Gasteiger partial charge in [0.1, 0.15) is 0 Å². The number of amides is 1. The number of hydrogen-bond donors (Lipinski definition) is 0. The minimum Gasteiger partial charge on any atom is -0.493 e. The lowest BCUT2D eigenvalue weighted by molar-refractivity contribution is -0.119. The number of ether oxygens (including phenoxy) is 3. The number of carbonyl (C=O) groups excluding carboxylic acids is 2. The van der Waals surface area contributed by atoms with Crippen LogP contribution in [-0.4, -0.2) is 33.0 Å². The van der Waals surface area contributed by atoms with Crippen molar-refractivity contribution in [1.82, 2.24) is 0 Å².